The SMILES string of the molecule is Clc1nc(Nc2cc(C3CC3)[nH]n2)c2cn[nH]c2n1. The predicted octanol–water partition coefficient (Wildman–Crippen LogP) is 2.35. The van der Waals surface area contributed by atoms with Crippen molar-refractivity contribution in [2.24, 2.45) is 0 Å². The molecule has 0 spiro atoms. The third-order valence-electron chi connectivity index (χ3n) is 3.14. The minimum Gasteiger partial charge on any atom is -0.323 e. The van der Waals surface area contributed by atoms with Gasteiger partial charge in [-0.05, 0) is 24.4 Å². The first-order valence-electron chi connectivity index (χ1n) is 5.98. The van der Waals surface area contributed by atoms with E-state index in [2.05, 4.69) is 35.7 Å². The van der Waals surface area contributed by atoms with E-state index in [0.717, 1.165) is 16.9 Å². The molecule has 1 fully saturated rings. The van der Waals surface area contributed by atoms with Crippen LogP contribution in [0.5, 0.6) is 0 Å². The average Bonchev–Trinajstić information content (AvgIpc) is 2.95. The van der Waals surface area contributed by atoms with Crippen molar-refractivity contribution >= 4 is 34.3 Å². The monoisotopic (exact) mass is 275 g/mol. The summed E-state index contributed by atoms with van der Waals surface area (Å²) in [7, 11) is 0. The first-order valence-corrected chi connectivity index (χ1v) is 6.36. The lowest BCUT2D eigenvalue weighted by atomic mass is 10.3. The van der Waals surface area contributed by atoms with Gasteiger partial charge >= 0.3 is 0 Å². The zero-order chi connectivity index (χ0) is 12.8. The van der Waals surface area contributed by atoms with Crippen LogP contribution in [-0.2, 0) is 0 Å². The molecule has 1 aliphatic rings. The molecule has 0 unspecified atom stereocenters. The number of rotatable bonds is 3. The zero-order valence-corrected chi connectivity index (χ0v) is 10.6. The molecule has 0 radical (unpaired) electrons. The molecule has 1 saturated carbocycles. The van der Waals surface area contributed by atoms with Crippen LogP contribution in [0.1, 0.15) is 24.5 Å². The molecule has 4 rings (SSSR count). The molecule has 19 heavy (non-hydrogen) atoms. The van der Waals surface area contributed by atoms with Crippen molar-refractivity contribution in [2.75, 3.05) is 5.32 Å². The van der Waals surface area contributed by atoms with E-state index in [1.807, 2.05) is 6.07 Å². The highest BCUT2D eigenvalue weighted by Gasteiger charge is 2.25. The van der Waals surface area contributed by atoms with Crippen LogP contribution in [0, 0.1) is 0 Å². The van der Waals surface area contributed by atoms with Crippen LogP contribution in [0.25, 0.3) is 11.0 Å². The number of H-pyrrole nitrogens is 2. The van der Waals surface area contributed by atoms with Crippen molar-refractivity contribution in [3.05, 3.63) is 23.2 Å². The Morgan fingerprint density at radius 1 is 1.26 bits per heavy atom. The Morgan fingerprint density at radius 2 is 2.16 bits per heavy atom. The summed E-state index contributed by atoms with van der Waals surface area (Å²) >= 11 is 5.87. The molecular weight excluding hydrogens is 266 g/mol. The molecule has 0 aliphatic heterocycles. The molecule has 3 heterocycles. The van der Waals surface area contributed by atoms with Crippen LogP contribution >= 0.6 is 11.6 Å². The molecule has 0 bridgehead atoms. The summed E-state index contributed by atoms with van der Waals surface area (Å²) in [5.41, 5.74) is 1.76. The van der Waals surface area contributed by atoms with Gasteiger partial charge < -0.3 is 5.32 Å². The van der Waals surface area contributed by atoms with Crippen molar-refractivity contribution in [3.63, 3.8) is 0 Å². The van der Waals surface area contributed by atoms with E-state index in [4.69, 9.17) is 11.6 Å². The predicted molar refractivity (Wildman–Crippen MR) is 70.5 cm³/mol. The van der Waals surface area contributed by atoms with Crippen LogP contribution in [0.15, 0.2) is 12.3 Å². The summed E-state index contributed by atoms with van der Waals surface area (Å²) in [6.07, 6.45) is 4.11. The van der Waals surface area contributed by atoms with Crippen LogP contribution < -0.4 is 5.32 Å². The van der Waals surface area contributed by atoms with E-state index < -0.39 is 0 Å². The fourth-order valence-electron chi connectivity index (χ4n) is 2.03. The molecule has 0 amide bonds. The number of aromatic amines is 2. The second-order valence-corrected chi connectivity index (χ2v) is 4.92. The summed E-state index contributed by atoms with van der Waals surface area (Å²) in [5, 5.41) is 18.0. The molecule has 1 aliphatic carbocycles. The minimum absolute atomic E-state index is 0.164. The molecule has 3 N–H and O–H groups in total. The van der Waals surface area contributed by atoms with Gasteiger partial charge in [-0.3, -0.25) is 10.2 Å². The van der Waals surface area contributed by atoms with Gasteiger partial charge in [-0.15, -0.1) is 0 Å². The fourth-order valence-corrected chi connectivity index (χ4v) is 2.20. The molecule has 96 valence electrons. The van der Waals surface area contributed by atoms with Crippen molar-refractivity contribution in [2.45, 2.75) is 18.8 Å². The molecule has 8 heteroatoms. The number of nitrogens with one attached hydrogen (secondary N) is 3. The van der Waals surface area contributed by atoms with E-state index in [0.29, 0.717) is 17.4 Å². The number of hydrogen-bond acceptors (Lipinski definition) is 5. The number of hydrogen-bond donors (Lipinski definition) is 3. The maximum Gasteiger partial charge on any atom is 0.226 e. The van der Waals surface area contributed by atoms with Crippen LogP contribution in [0.3, 0.4) is 0 Å². The van der Waals surface area contributed by atoms with E-state index in [-0.39, 0.29) is 5.28 Å². The molecule has 0 aromatic carbocycles. The Balaban J connectivity index is 1.71. The fraction of sp³-hybridized carbons (Fsp3) is 0.273. The molecule has 0 saturated heterocycles. The van der Waals surface area contributed by atoms with E-state index >= 15 is 0 Å². The van der Waals surface area contributed by atoms with Gasteiger partial charge in [0.25, 0.3) is 0 Å². The van der Waals surface area contributed by atoms with Gasteiger partial charge in [-0.1, -0.05) is 0 Å². The quantitative estimate of drug-likeness (QED) is 0.638. The maximum atomic E-state index is 5.87. The van der Waals surface area contributed by atoms with Gasteiger partial charge in [-0.2, -0.15) is 20.2 Å². The second kappa shape index (κ2) is 3.92. The van der Waals surface area contributed by atoms with Crippen molar-refractivity contribution < 1.29 is 0 Å². The van der Waals surface area contributed by atoms with E-state index in [1.54, 1.807) is 6.20 Å². The minimum atomic E-state index is 0.164. The third kappa shape index (κ3) is 1.91. The Bertz CT molecular complexity index is 742. The number of aromatic nitrogens is 6. The van der Waals surface area contributed by atoms with Gasteiger partial charge in [0, 0.05) is 17.7 Å². The number of nitrogens with zero attached hydrogens (tertiary/aromatic N) is 4. The Kier molecular flexibility index (Phi) is 2.22. The van der Waals surface area contributed by atoms with Gasteiger partial charge in [0.15, 0.2) is 11.5 Å². The Hall–Kier alpha value is -2.15. The standard InChI is InChI=1S/C11H10ClN7/c12-11-15-9(6-4-13-19-10(6)16-11)14-8-3-7(17-18-8)5-1-2-5/h3-5H,1-2H2,(H3,13,14,15,16,17,18,19). The summed E-state index contributed by atoms with van der Waals surface area (Å²) in [6.45, 7) is 0. The van der Waals surface area contributed by atoms with Crippen molar-refractivity contribution in [1.82, 2.24) is 30.4 Å². The van der Waals surface area contributed by atoms with Crippen molar-refractivity contribution in [1.29, 1.82) is 0 Å². The lowest BCUT2D eigenvalue weighted by molar-refractivity contribution is 0.966. The summed E-state index contributed by atoms with van der Waals surface area (Å²) in [5.74, 6) is 1.95. The van der Waals surface area contributed by atoms with E-state index in [1.165, 1.54) is 12.8 Å². The largest absolute Gasteiger partial charge is 0.323 e. The first-order chi connectivity index (χ1) is 9.29. The number of fused-ring (bicyclic) bond motifs is 1. The third-order valence-corrected chi connectivity index (χ3v) is 3.31. The topological polar surface area (TPSA) is 95.2 Å². The van der Waals surface area contributed by atoms with Gasteiger partial charge in [0.1, 0.15) is 5.82 Å². The molecule has 3 aromatic heterocycles. The van der Waals surface area contributed by atoms with Crippen molar-refractivity contribution in [3.8, 4) is 0 Å². The lowest BCUT2D eigenvalue weighted by Crippen LogP contribution is -1.96. The lowest BCUT2D eigenvalue weighted by Gasteiger charge is -2.02. The highest BCUT2D eigenvalue weighted by Crippen LogP contribution is 2.39. The van der Waals surface area contributed by atoms with Gasteiger partial charge in [-0.25, -0.2) is 0 Å². The molecule has 3 aromatic rings. The second-order valence-electron chi connectivity index (χ2n) is 4.58. The molecular formula is C11H10ClN7. The summed E-state index contributed by atoms with van der Waals surface area (Å²) < 4.78 is 0. The van der Waals surface area contributed by atoms with Crippen LogP contribution in [-0.4, -0.2) is 30.4 Å². The summed E-state index contributed by atoms with van der Waals surface area (Å²) in [6, 6.07) is 2.00. The van der Waals surface area contributed by atoms with Crippen LogP contribution in [0.2, 0.25) is 5.28 Å². The number of anilines is 2. The zero-order valence-electron chi connectivity index (χ0n) is 9.81. The molecule has 0 atom stereocenters. The summed E-state index contributed by atoms with van der Waals surface area (Å²) in [4.78, 5) is 8.22. The van der Waals surface area contributed by atoms with Gasteiger partial charge in [0.2, 0.25) is 5.28 Å². The average molecular weight is 276 g/mol. The normalized spacial score (nSPS) is 15.0. The maximum absolute atomic E-state index is 5.87. The Labute approximate surface area is 112 Å². The number of halogens is 1. The first kappa shape index (κ1) is 10.7. The van der Waals surface area contributed by atoms with Crippen LogP contribution in [0.4, 0.5) is 11.6 Å². The van der Waals surface area contributed by atoms with Gasteiger partial charge in [0.05, 0.1) is 11.6 Å². The highest BCUT2D eigenvalue weighted by atomic mass is 35.5. The molecule has 7 nitrogen and oxygen atoms in total. The smallest absolute Gasteiger partial charge is 0.226 e. The highest BCUT2D eigenvalue weighted by molar-refractivity contribution is 6.28. The Morgan fingerprint density at radius 3 is 3.00 bits per heavy atom. The van der Waals surface area contributed by atoms with E-state index in [9.17, 15) is 0 Å².